The van der Waals surface area contributed by atoms with Crippen LogP contribution in [-0.4, -0.2) is 22.5 Å². The molecule has 0 radical (unpaired) electrons. The number of amides is 1. The number of para-hydroxylation sites is 1. The van der Waals surface area contributed by atoms with Crippen molar-refractivity contribution in [1.29, 1.82) is 0 Å². The van der Waals surface area contributed by atoms with Gasteiger partial charge in [0.1, 0.15) is 5.75 Å². The Balaban J connectivity index is 1.99. The third-order valence-electron chi connectivity index (χ3n) is 3.58. The molecule has 20 heavy (non-hydrogen) atoms. The number of aromatic nitrogens is 1. The molecule has 102 valence electrons. The second-order valence-electron chi connectivity index (χ2n) is 4.97. The van der Waals surface area contributed by atoms with E-state index in [4.69, 9.17) is 0 Å². The molecule has 1 aromatic heterocycles. The summed E-state index contributed by atoms with van der Waals surface area (Å²) in [5.41, 5.74) is 2.59. The van der Waals surface area contributed by atoms with E-state index in [2.05, 4.69) is 11.1 Å². The maximum atomic E-state index is 12.6. The molecule has 0 fully saturated rings. The minimum atomic E-state index is -0.109. The molecule has 0 saturated carbocycles. The highest BCUT2D eigenvalue weighted by molar-refractivity contribution is 6.06. The fraction of sp³-hybridized carbons (Fsp3) is 0.250. The van der Waals surface area contributed by atoms with Crippen molar-refractivity contribution >= 4 is 11.6 Å². The number of hydrogen-bond acceptors (Lipinski definition) is 3. The molecular weight excluding hydrogens is 252 g/mol. The van der Waals surface area contributed by atoms with Gasteiger partial charge in [-0.15, -0.1) is 0 Å². The summed E-state index contributed by atoms with van der Waals surface area (Å²) in [7, 11) is 0. The van der Waals surface area contributed by atoms with E-state index in [1.165, 1.54) is 24.0 Å². The lowest BCUT2D eigenvalue weighted by Gasteiger charge is -2.22. The Morgan fingerprint density at radius 1 is 1.20 bits per heavy atom. The van der Waals surface area contributed by atoms with E-state index in [0.717, 1.165) is 24.9 Å². The van der Waals surface area contributed by atoms with Crippen molar-refractivity contribution in [3.05, 3.63) is 53.9 Å². The molecule has 0 atom stereocenters. The van der Waals surface area contributed by atoms with Crippen molar-refractivity contribution in [2.45, 2.75) is 19.3 Å². The van der Waals surface area contributed by atoms with E-state index in [9.17, 15) is 9.90 Å². The van der Waals surface area contributed by atoms with Gasteiger partial charge in [0.25, 0.3) is 5.91 Å². The fourth-order valence-corrected chi connectivity index (χ4v) is 2.60. The van der Waals surface area contributed by atoms with E-state index >= 15 is 0 Å². The van der Waals surface area contributed by atoms with E-state index < -0.39 is 0 Å². The molecule has 0 aliphatic carbocycles. The van der Waals surface area contributed by atoms with Gasteiger partial charge in [-0.1, -0.05) is 18.2 Å². The summed E-state index contributed by atoms with van der Waals surface area (Å²) in [6.07, 6.45) is 5.88. The van der Waals surface area contributed by atoms with Crippen molar-refractivity contribution < 1.29 is 9.90 Å². The molecule has 1 amide bonds. The highest BCUT2D eigenvalue weighted by Gasteiger charge is 2.22. The van der Waals surface area contributed by atoms with Gasteiger partial charge in [-0.05, 0) is 37.0 Å². The SMILES string of the molecule is O=C(c1cncc(O)c1)N1CCCCc2ccccc21. The van der Waals surface area contributed by atoms with Crippen LogP contribution < -0.4 is 4.90 Å². The van der Waals surface area contributed by atoms with Gasteiger partial charge in [-0.25, -0.2) is 0 Å². The number of carbonyl (C=O) groups is 1. The highest BCUT2D eigenvalue weighted by atomic mass is 16.3. The molecule has 0 spiro atoms. The number of anilines is 1. The Morgan fingerprint density at radius 2 is 2.05 bits per heavy atom. The second kappa shape index (κ2) is 5.33. The van der Waals surface area contributed by atoms with Gasteiger partial charge in [0, 0.05) is 18.4 Å². The predicted molar refractivity (Wildman–Crippen MR) is 77.0 cm³/mol. The van der Waals surface area contributed by atoms with E-state index in [1.807, 2.05) is 18.2 Å². The van der Waals surface area contributed by atoms with E-state index in [-0.39, 0.29) is 11.7 Å². The van der Waals surface area contributed by atoms with Crippen molar-refractivity contribution in [1.82, 2.24) is 4.98 Å². The van der Waals surface area contributed by atoms with Gasteiger partial charge in [0.05, 0.1) is 11.8 Å². The number of fused-ring (bicyclic) bond motifs is 1. The zero-order chi connectivity index (χ0) is 13.9. The molecule has 0 unspecified atom stereocenters. The first kappa shape index (κ1) is 12.7. The first-order valence-electron chi connectivity index (χ1n) is 6.79. The molecule has 1 N–H and O–H groups in total. The zero-order valence-corrected chi connectivity index (χ0v) is 11.1. The molecule has 4 nitrogen and oxygen atoms in total. The number of rotatable bonds is 1. The predicted octanol–water partition coefficient (Wildman–Crippen LogP) is 2.77. The minimum Gasteiger partial charge on any atom is -0.506 e. The highest BCUT2D eigenvalue weighted by Crippen LogP contribution is 2.27. The van der Waals surface area contributed by atoms with Crippen LogP contribution >= 0.6 is 0 Å². The largest absolute Gasteiger partial charge is 0.506 e. The van der Waals surface area contributed by atoms with Gasteiger partial charge in [0.2, 0.25) is 0 Å². The molecule has 2 heterocycles. The smallest absolute Gasteiger partial charge is 0.259 e. The maximum absolute atomic E-state index is 12.6. The monoisotopic (exact) mass is 268 g/mol. The zero-order valence-electron chi connectivity index (χ0n) is 11.1. The topological polar surface area (TPSA) is 53.4 Å². The Hall–Kier alpha value is -2.36. The van der Waals surface area contributed by atoms with Crippen molar-refractivity contribution in [2.75, 3.05) is 11.4 Å². The number of nitrogens with zero attached hydrogens (tertiary/aromatic N) is 2. The summed E-state index contributed by atoms with van der Waals surface area (Å²) in [6, 6.07) is 9.47. The molecule has 0 saturated heterocycles. The van der Waals surface area contributed by atoms with Gasteiger partial charge >= 0.3 is 0 Å². The fourth-order valence-electron chi connectivity index (χ4n) is 2.60. The Bertz CT molecular complexity index is 640. The van der Waals surface area contributed by atoms with Crippen LogP contribution in [0.3, 0.4) is 0 Å². The lowest BCUT2D eigenvalue weighted by Crippen LogP contribution is -2.31. The summed E-state index contributed by atoms with van der Waals surface area (Å²) < 4.78 is 0. The summed E-state index contributed by atoms with van der Waals surface area (Å²) in [4.78, 5) is 18.3. The van der Waals surface area contributed by atoms with Crippen LogP contribution in [0.1, 0.15) is 28.8 Å². The first-order valence-corrected chi connectivity index (χ1v) is 6.79. The van der Waals surface area contributed by atoms with Gasteiger partial charge < -0.3 is 10.0 Å². The average Bonchev–Trinajstić information content (AvgIpc) is 2.69. The number of carbonyl (C=O) groups excluding carboxylic acids is 1. The van der Waals surface area contributed by atoms with Crippen LogP contribution in [-0.2, 0) is 6.42 Å². The Kier molecular flexibility index (Phi) is 3.37. The molecule has 1 aromatic carbocycles. The molecule has 1 aliphatic heterocycles. The van der Waals surface area contributed by atoms with Crippen LogP contribution in [0.15, 0.2) is 42.7 Å². The number of hydrogen-bond donors (Lipinski definition) is 1. The lowest BCUT2D eigenvalue weighted by atomic mass is 10.1. The van der Waals surface area contributed by atoms with Gasteiger partial charge in [0.15, 0.2) is 0 Å². The number of pyridine rings is 1. The number of aryl methyl sites for hydroxylation is 1. The number of aromatic hydroxyl groups is 1. The molecule has 0 bridgehead atoms. The van der Waals surface area contributed by atoms with E-state index in [0.29, 0.717) is 12.1 Å². The van der Waals surface area contributed by atoms with Crippen LogP contribution in [0.25, 0.3) is 0 Å². The van der Waals surface area contributed by atoms with Crippen molar-refractivity contribution in [3.8, 4) is 5.75 Å². The summed E-state index contributed by atoms with van der Waals surface area (Å²) >= 11 is 0. The average molecular weight is 268 g/mol. The van der Waals surface area contributed by atoms with Crippen molar-refractivity contribution in [3.63, 3.8) is 0 Å². The van der Waals surface area contributed by atoms with Crippen LogP contribution in [0, 0.1) is 0 Å². The van der Waals surface area contributed by atoms with Crippen LogP contribution in [0.5, 0.6) is 5.75 Å². The molecule has 4 heteroatoms. The van der Waals surface area contributed by atoms with Gasteiger partial charge in [-0.3, -0.25) is 9.78 Å². The van der Waals surface area contributed by atoms with Crippen LogP contribution in [0.2, 0.25) is 0 Å². The molecule has 2 aromatic rings. The van der Waals surface area contributed by atoms with Crippen molar-refractivity contribution in [2.24, 2.45) is 0 Å². The lowest BCUT2D eigenvalue weighted by molar-refractivity contribution is 0.0986. The summed E-state index contributed by atoms with van der Waals surface area (Å²) in [5.74, 6) is -0.0956. The summed E-state index contributed by atoms with van der Waals surface area (Å²) in [6.45, 7) is 0.700. The minimum absolute atomic E-state index is 0.0129. The second-order valence-corrected chi connectivity index (χ2v) is 4.97. The number of benzene rings is 1. The van der Waals surface area contributed by atoms with E-state index in [1.54, 1.807) is 4.90 Å². The molecular formula is C16H16N2O2. The maximum Gasteiger partial charge on any atom is 0.259 e. The third kappa shape index (κ3) is 2.37. The Labute approximate surface area is 117 Å². The normalized spacial score (nSPS) is 14.5. The standard InChI is InChI=1S/C16H16N2O2/c19-14-9-13(10-17-11-14)16(20)18-8-4-3-6-12-5-1-2-7-15(12)18/h1-2,5,7,9-11,19H,3-4,6,8H2. The Morgan fingerprint density at radius 3 is 2.90 bits per heavy atom. The molecule has 1 aliphatic rings. The first-order chi connectivity index (χ1) is 9.75. The van der Waals surface area contributed by atoms with Crippen LogP contribution in [0.4, 0.5) is 5.69 Å². The summed E-state index contributed by atoms with van der Waals surface area (Å²) in [5, 5.41) is 9.48. The quantitative estimate of drug-likeness (QED) is 0.865. The molecule has 3 rings (SSSR count). The van der Waals surface area contributed by atoms with Gasteiger partial charge in [-0.2, -0.15) is 0 Å². The third-order valence-corrected chi connectivity index (χ3v) is 3.58.